The maximum atomic E-state index is 12.7. The topological polar surface area (TPSA) is 74.8 Å². The molecule has 3 unspecified atom stereocenters. The predicted molar refractivity (Wildman–Crippen MR) is 104 cm³/mol. The molecule has 1 N–H and O–H groups in total. The number of rotatable bonds is 2. The fourth-order valence-corrected chi connectivity index (χ4v) is 3.73. The van der Waals surface area contributed by atoms with Crippen molar-refractivity contribution in [2.24, 2.45) is 11.3 Å². The standard InChI is InChI=1S/C21H30N4O3/c1-20(2,3)28-19(27)24-8-5-21(6-9-24)10-17(21)12-23-18(26)25-13-15-4-7-22-11-16(15)14-25/h4,7,11,17H,5-6,8-10,12-14H2,1-3H3,(H,23,26)/i5D,10D2,17D. The second-order valence-electron chi connectivity index (χ2n) is 8.61. The van der Waals surface area contributed by atoms with Crippen molar-refractivity contribution in [2.75, 3.05) is 19.6 Å². The first-order valence-corrected chi connectivity index (χ1v) is 9.67. The minimum Gasteiger partial charge on any atom is -0.444 e. The summed E-state index contributed by atoms with van der Waals surface area (Å²) in [4.78, 5) is 32.2. The van der Waals surface area contributed by atoms with E-state index in [1.165, 1.54) is 4.90 Å². The number of carbonyl (C=O) groups excluding carboxylic acids is 2. The Hall–Kier alpha value is -2.31. The van der Waals surface area contributed by atoms with Crippen LogP contribution in [0.5, 0.6) is 0 Å². The van der Waals surface area contributed by atoms with E-state index in [9.17, 15) is 9.59 Å². The molecule has 1 saturated carbocycles. The average molecular weight is 391 g/mol. The molecule has 3 amide bonds. The molecule has 2 aliphatic heterocycles. The highest BCUT2D eigenvalue weighted by Gasteiger charge is 2.55. The molecule has 152 valence electrons. The van der Waals surface area contributed by atoms with E-state index >= 15 is 0 Å². The lowest BCUT2D eigenvalue weighted by Gasteiger charge is -2.34. The number of likely N-dealkylation sites (tertiary alicyclic amines) is 1. The van der Waals surface area contributed by atoms with E-state index < -0.39 is 35.8 Å². The number of urea groups is 1. The van der Waals surface area contributed by atoms with Crippen molar-refractivity contribution in [1.82, 2.24) is 20.1 Å². The van der Waals surface area contributed by atoms with Crippen molar-refractivity contribution in [3.05, 3.63) is 29.6 Å². The van der Waals surface area contributed by atoms with Gasteiger partial charge in [0, 0.05) is 50.6 Å². The van der Waals surface area contributed by atoms with Crippen molar-refractivity contribution in [3.8, 4) is 0 Å². The third-order valence-electron chi connectivity index (χ3n) is 5.37. The minimum absolute atomic E-state index is 0.00255. The molecule has 0 bridgehead atoms. The van der Waals surface area contributed by atoms with Gasteiger partial charge in [-0.15, -0.1) is 0 Å². The van der Waals surface area contributed by atoms with Gasteiger partial charge in [-0.1, -0.05) is 0 Å². The van der Waals surface area contributed by atoms with Crippen LogP contribution in [0.4, 0.5) is 9.59 Å². The van der Waals surface area contributed by atoms with Crippen molar-refractivity contribution in [2.45, 2.75) is 58.7 Å². The van der Waals surface area contributed by atoms with Crippen molar-refractivity contribution >= 4 is 12.1 Å². The fraction of sp³-hybridized carbons (Fsp3) is 0.667. The minimum atomic E-state index is -1.95. The summed E-state index contributed by atoms with van der Waals surface area (Å²) in [6, 6.07) is 1.50. The number of carbonyl (C=O) groups is 2. The van der Waals surface area contributed by atoms with Gasteiger partial charge < -0.3 is 19.9 Å². The SMILES string of the molecule is [2H]C1CN(C(=O)OC(C)(C)C)CCC12C([2H])([2H])C2([2H])CNC(=O)N1Cc2ccncc2C1. The summed E-state index contributed by atoms with van der Waals surface area (Å²) in [6.45, 7) is 6.18. The van der Waals surface area contributed by atoms with Crippen LogP contribution in [-0.4, -0.2) is 52.1 Å². The van der Waals surface area contributed by atoms with Crippen LogP contribution < -0.4 is 5.32 Å². The number of fused-ring (bicyclic) bond motifs is 1. The van der Waals surface area contributed by atoms with Gasteiger partial charge >= 0.3 is 12.1 Å². The van der Waals surface area contributed by atoms with Crippen LogP contribution in [0.25, 0.3) is 0 Å². The highest BCUT2D eigenvalue weighted by atomic mass is 16.6. The lowest BCUT2D eigenvalue weighted by molar-refractivity contribution is 0.0165. The zero-order chi connectivity index (χ0) is 23.5. The zero-order valence-electron chi connectivity index (χ0n) is 20.6. The molecule has 0 radical (unpaired) electrons. The molecule has 4 rings (SSSR count). The molecule has 2 fully saturated rings. The number of hydrogen-bond donors (Lipinski definition) is 1. The summed E-state index contributed by atoms with van der Waals surface area (Å²) in [5, 5.41) is 2.73. The Balaban J connectivity index is 1.39. The smallest absolute Gasteiger partial charge is 0.410 e. The first kappa shape index (κ1) is 14.7. The van der Waals surface area contributed by atoms with Gasteiger partial charge in [0.1, 0.15) is 5.60 Å². The summed E-state index contributed by atoms with van der Waals surface area (Å²) in [7, 11) is 0. The van der Waals surface area contributed by atoms with Crippen LogP contribution in [0.3, 0.4) is 0 Å². The Morgan fingerprint density at radius 3 is 2.86 bits per heavy atom. The van der Waals surface area contributed by atoms with Gasteiger partial charge in [0.05, 0.1) is 0 Å². The Morgan fingerprint density at radius 1 is 1.36 bits per heavy atom. The van der Waals surface area contributed by atoms with E-state index in [0.717, 1.165) is 11.1 Å². The molecule has 3 heterocycles. The highest BCUT2D eigenvalue weighted by Crippen LogP contribution is 2.59. The van der Waals surface area contributed by atoms with Crippen LogP contribution in [0.15, 0.2) is 18.5 Å². The number of nitrogens with one attached hydrogen (secondary N) is 1. The van der Waals surface area contributed by atoms with Crippen LogP contribution in [0, 0.1) is 11.3 Å². The zero-order valence-corrected chi connectivity index (χ0v) is 16.6. The lowest BCUT2D eigenvalue weighted by Crippen LogP contribution is -2.43. The Kier molecular flexibility index (Phi) is 3.63. The molecule has 1 aromatic heterocycles. The summed E-state index contributed by atoms with van der Waals surface area (Å²) < 4.78 is 39.8. The molecule has 3 atom stereocenters. The van der Waals surface area contributed by atoms with Crippen molar-refractivity contribution in [3.63, 3.8) is 0 Å². The normalized spacial score (nSPS) is 35.3. The first-order valence-electron chi connectivity index (χ1n) is 11.7. The van der Waals surface area contributed by atoms with Crippen LogP contribution >= 0.6 is 0 Å². The quantitative estimate of drug-likeness (QED) is 0.842. The van der Waals surface area contributed by atoms with Crippen LogP contribution in [0.2, 0.25) is 0 Å². The number of piperidine rings is 1. The Bertz CT molecular complexity index is 915. The Morgan fingerprint density at radius 2 is 2.14 bits per heavy atom. The summed E-state index contributed by atoms with van der Waals surface area (Å²) in [5.41, 5.74) is 0.0907. The van der Waals surface area contributed by atoms with Gasteiger partial charge in [-0.25, -0.2) is 9.59 Å². The van der Waals surface area contributed by atoms with Gasteiger partial charge in [0.2, 0.25) is 0 Å². The van der Waals surface area contributed by atoms with Gasteiger partial charge in [0.25, 0.3) is 0 Å². The molecular weight excluding hydrogens is 356 g/mol. The Labute approximate surface area is 172 Å². The third-order valence-corrected chi connectivity index (χ3v) is 5.37. The first-order chi connectivity index (χ1) is 14.8. The third kappa shape index (κ3) is 3.93. The maximum absolute atomic E-state index is 12.7. The number of hydrogen-bond acceptors (Lipinski definition) is 4. The maximum Gasteiger partial charge on any atom is 0.410 e. The second kappa shape index (κ2) is 6.94. The fourth-order valence-electron chi connectivity index (χ4n) is 3.73. The van der Waals surface area contributed by atoms with Crippen LogP contribution in [-0.2, 0) is 17.8 Å². The number of ether oxygens (including phenoxy) is 1. The molecule has 0 aromatic carbocycles. The van der Waals surface area contributed by atoms with Gasteiger partial charge in [-0.05, 0) is 68.5 Å². The summed E-state index contributed by atoms with van der Waals surface area (Å²) >= 11 is 0. The number of pyridine rings is 1. The molecule has 28 heavy (non-hydrogen) atoms. The number of amides is 3. The van der Waals surface area contributed by atoms with E-state index in [1.807, 2.05) is 6.07 Å². The number of aromatic nitrogens is 1. The highest BCUT2D eigenvalue weighted by molar-refractivity contribution is 5.75. The van der Waals surface area contributed by atoms with E-state index in [4.69, 9.17) is 10.2 Å². The van der Waals surface area contributed by atoms with Gasteiger partial charge in [0.15, 0.2) is 0 Å². The molecular formula is C21H30N4O3. The van der Waals surface area contributed by atoms with E-state index in [2.05, 4.69) is 10.3 Å². The molecule has 7 heteroatoms. The largest absolute Gasteiger partial charge is 0.444 e. The van der Waals surface area contributed by atoms with Gasteiger partial charge in [-0.3, -0.25) is 4.98 Å². The van der Waals surface area contributed by atoms with Crippen LogP contribution in [0.1, 0.15) is 56.6 Å². The molecule has 1 aliphatic carbocycles. The van der Waals surface area contributed by atoms with E-state index in [-0.39, 0.29) is 32.1 Å². The van der Waals surface area contributed by atoms with E-state index in [1.54, 1.807) is 38.1 Å². The summed E-state index contributed by atoms with van der Waals surface area (Å²) in [5.74, 6) is -1.63. The predicted octanol–water partition coefficient (Wildman–Crippen LogP) is 3.14. The van der Waals surface area contributed by atoms with E-state index in [0.29, 0.717) is 13.1 Å². The molecule has 1 saturated heterocycles. The van der Waals surface area contributed by atoms with Gasteiger partial charge in [-0.2, -0.15) is 0 Å². The monoisotopic (exact) mass is 390 g/mol. The number of nitrogens with zero attached hydrogens (tertiary/aromatic N) is 3. The second-order valence-corrected chi connectivity index (χ2v) is 8.61. The molecule has 1 spiro atoms. The average Bonchev–Trinajstić information content (AvgIpc) is 3.01. The lowest BCUT2D eigenvalue weighted by atomic mass is 9.91. The molecule has 3 aliphatic rings. The molecule has 7 nitrogen and oxygen atoms in total. The van der Waals surface area contributed by atoms with Crippen molar-refractivity contribution < 1.29 is 19.8 Å². The van der Waals surface area contributed by atoms with Crippen molar-refractivity contribution in [1.29, 1.82) is 0 Å². The molecule has 1 aromatic rings. The summed E-state index contributed by atoms with van der Waals surface area (Å²) in [6.07, 6.45) is 0.116.